The van der Waals surface area contributed by atoms with Crippen molar-refractivity contribution >= 4 is 5.78 Å². The molecule has 6 heteroatoms. The number of benzene rings is 1. The van der Waals surface area contributed by atoms with Gasteiger partial charge in [0.25, 0.3) is 0 Å². The molecule has 0 saturated heterocycles. The molecule has 1 aromatic carbocycles. The molecule has 1 aliphatic carbocycles. The lowest BCUT2D eigenvalue weighted by Gasteiger charge is -2.11. The molecule has 0 amide bonds. The minimum absolute atomic E-state index is 0.0570. The number of nitrogens with zero attached hydrogens (tertiary/aromatic N) is 3. The summed E-state index contributed by atoms with van der Waals surface area (Å²) in [4.78, 5) is 16.0. The van der Waals surface area contributed by atoms with Crippen LogP contribution in [0.3, 0.4) is 0 Å². The Morgan fingerprint density at radius 1 is 1.19 bits per heavy atom. The number of fused-ring (bicyclic) bond motifs is 1. The Hall–Kier alpha value is -2.11. The second kappa shape index (κ2) is 4.44. The average Bonchev–Trinajstić information content (AvgIpc) is 2.95. The van der Waals surface area contributed by atoms with Crippen molar-refractivity contribution in [2.24, 2.45) is 5.92 Å². The van der Waals surface area contributed by atoms with Gasteiger partial charge in [0.15, 0.2) is 12.0 Å². The van der Waals surface area contributed by atoms with Crippen molar-refractivity contribution in [2.45, 2.75) is 31.2 Å². The maximum absolute atomic E-state index is 14.1. The minimum atomic E-state index is -1.25. The summed E-state index contributed by atoms with van der Waals surface area (Å²) in [5.74, 6) is -0.938. The van der Waals surface area contributed by atoms with Gasteiger partial charge in [-0.25, -0.2) is 18.4 Å². The number of ketones is 1. The van der Waals surface area contributed by atoms with Crippen molar-refractivity contribution in [3.8, 4) is 0 Å². The van der Waals surface area contributed by atoms with E-state index in [2.05, 4.69) is 10.1 Å². The Morgan fingerprint density at radius 3 is 2.57 bits per heavy atom. The molecule has 2 heterocycles. The third-order valence-electron chi connectivity index (χ3n) is 4.12. The van der Waals surface area contributed by atoms with E-state index >= 15 is 0 Å². The molecule has 0 bridgehead atoms. The number of alkyl halides is 2. The molecule has 1 aliphatic heterocycles. The quantitative estimate of drug-likeness (QED) is 0.816. The summed E-state index contributed by atoms with van der Waals surface area (Å²) in [5.41, 5.74) is 0.928. The predicted octanol–water partition coefficient (Wildman–Crippen LogP) is 2.82. The van der Waals surface area contributed by atoms with E-state index in [-0.39, 0.29) is 30.5 Å². The molecule has 2 aromatic rings. The Labute approximate surface area is 119 Å². The number of carbonyl (C=O) groups excluding carboxylic acids is 1. The molecule has 1 unspecified atom stereocenters. The highest BCUT2D eigenvalue weighted by Gasteiger charge is 2.46. The number of halogens is 2. The molecule has 1 saturated carbocycles. The van der Waals surface area contributed by atoms with Gasteiger partial charge in [-0.05, 0) is 12.0 Å². The van der Waals surface area contributed by atoms with E-state index in [9.17, 15) is 13.6 Å². The third-order valence-corrected chi connectivity index (χ3v) is 4.12. The number of rotatable bonds is 3. The summed E-state index contributed by atoms with van der Waals surface area (Å²) in [7, 11) is 0. The lowest BCUT2D eigenvalue weighted by atomic mass is 10.0. The molecular formula is C15H13F2N3O. The molecule has 4 rings (SSSR count). The Kier molecular flexibility index (Phi) is 2.67. The van der Waals surface area contributed by atoms with Crippen LogP contribution < -0.4 is 0 Å². The standard InChI is InChI=1S/C15H13F2N3O/c16-10-6-9(10)13(21)14-18-15-11(17)7-12(20(15)19-14)8-4-2-1-3-5-8/h1-5,9-12H,6-7H2/t9-,10+,11+,12?/m0/s1. The monoisotopic (exact) mass is 289 g/mol. The van der Waals surface area contributed by atoms with Crippen LogP contribution in [0.1, 0.15) is 47.1 Å². The lowest BCUT2D eigenvalue weighted by molar-refractivity contribution is 0.0946. The van der Waals surface area contributed by atoms with Crippen LogP contribution in [0, 0.1) is 5.92 Å². The van der Waals surface area contributed by atoms with E-state index in [1.54, 1.807) is 0 Å². The van der Waals surface area contributed by atoms with Crippen molar-refractivity contribution in [2.75, 3.05) is 0 Å². The van der Waals surface area contributed by atoms with Crippen LogP contribution in [0.4, 0.5) is 8.78 Å². The fourth-order valence-electron chi connectivity index (χ4n) is 2.84. The van der Waals surface area contributed by atoms with Crippen LogP contribution in [-0.2, 0) is 0 Å². The SMILES string of the molecule is O=C(c1nc2n(n1)C(c1ccccc1)C[C@H]2F)[C@H]1C[C@H]1F. The first kappa shape index (κ1) is 12.6. The van der Waals surface area contributed by atoms with E-state index in [1.165, 1.54) is 4.68 Å². The van der Waals surface area contributed by atoms with E-state index in [4.69, 9.17) is 0 Å². The van der Waals surface area contributed by atoms with Crippen molar-refractivity contribution in [1.29, 1.82) is 0 Å². The van der Waals surface area contributed by atoms with Gasteiger partial charge < -0.3 is 0 Å². The van der Waals surface area contributed by atoms with Crippen molar-refractivity contribution in [3.63, 3.8) is 0 Å². The Morgan fingerprint density at radius 2 is 1.90 bits per heavy atom. The van der Waals surface area contributed by atoms with E-state index in [0.29, 0.717) is 0 Å². The minimum Gasteiger partial charge on any atom is -0.290 e. The van der Waals surface area contributed by atoms with Gasteiger partial charge in [0, 0.05) is 6.42 Å². The first-order valence-electron chi connectivity index (χ1n) is 6.99. The summed E-state index contributed by atoms with van der Waals surface area (Å²) in [6.07, 6.45) is -1.85. The van der Waals surface area contributed by atoms with E-state index < -0.39 is 24.0 Å². The largest absolute Gasteiger partial charge is 0.290 e. The van der Waals surface area contributed by atoms with Gasteiger partial charge in [-0.1, -0.05) is 30.3 Å². The molecule has 0 N–H and O–H groups in total. The number of hydrogen-bond acceptors (Lipinski definition) is 3. The average molecular weight is 289 g/mol. The molecular weight excluding hydrogens is 276 g/mol. The topological polar surface area (TPSA) is 47.8 Å². The van der Waals surface area contributed by atoms with Crippen LogP contribution >= 0.6 is 0 Å². The highest BCUT2D eigenvalue weighted by atomic mass is 19.1. The van der Waals surface area contributed by atoms with E-state index in [0.717, 1.165) is 5.56 Å². The highest BCUT2D eigenvalue weighted by molar-refractivity contribution is 5.96. The van der Waals surface area contributed by atoms with Gasteiger partial charge in [0.05, 0.1) is 12.0 Å². The maximum Gasteiger partial charge on any atom is 0.218 e. The van der Waals surface area contributed by atoms with Crippen LogP contribution in [0.15, 0.2) is 30.3 Å². The molecule has 21 heavy (non-hydrogen) atoms. The first-order chi connectivity index (χ1) is 10.1. The van der Waals surface area contributed by atoms with Crippen LogP contribution in [0.2, 0.25) is 0 Å². The van der Waals surface area contributed by atoms with Crippen molar-refractivity contribution in [3.05, 3.63) is 47.5 Å². The zero-order valence-electron chi connectivity index (χ0n) is 11.1. The highest BCUT2D eigenvalue weighted by Crippen LogP contribution is 2.41. The van der Waals surface area contributed by atoms with Crippen LogP contribution in [0.25, 0.3) is 0 Å². The molecule has 1 fully saturated rings. The second-order valence-electron chi connectivity index (χ2n) is 5.59. The number of carbonyl (C=O) groups is 1. The molecule has 1 aromatic heterocycles. The molecule has 0 radical (unpaired) electrons. The Balaban J connectivity index is 1.69. The van der Waals surface area contributed by atoms with Gasteiger partial charge in [0.2, 0.25) is 11.6 Å². The second-order valence-corrected chi connectivity index (χ2v) is 5.59. The normalized spacial score (nSPS) is 30.2. The zero-order valence-corrected chi connectivity index (χ0v) is 11.1. The summed E-state index contributed by atoms with van der Waals surface area (Å²) in [6.45, 7) is 0. The molecule has 4 nitrogen and oxygen atoms in total. The van der Waals surface area contributed by atoms with Crippen molar-refractivity contribution < 1.29 is 13.6 Å². The molecule has 4 atom stereocenters. The van der Waals surface area contributed by atoms with Gasteiger partial charge in [-0.2, -0.15) is 0 Å². The summed E-state index contributed by atoms with van der Waals surface area (Å²) in [6, 6.07) is 9.17. The number of aromatic nitrogens is 3. The summed E-state index contributed by atoms with van der Waals surface area (Å²) < 4.78 is 28.6. The summed E-state index contributed by atoms with van der Waals surface area (Å²) in [5, 5.41) is 4.14. The molecule has 108 valence electrons. The van der Waals surface area contributed by atoms with Crippen LogP contribution in [-0.4, -0.2) is 26.7 Å². The van der Waals surface area contributed by atoms with E-state index in [1.807, 2.05) is 30.3 Å². The maximum atomic E-state index is 14.1. The summed E-state index contributed by atoms with van der Waals surface area (Å²) >= 11 is 0. The smallest absolute Gasteiger partial charge is 0.218 e. The van der Waals surface area contributed by atoms with Crippen LogP contribution in [0.5, 0.6) is 0 Å². The van der Waals surface area contributed by atoms with Gasteiger partial charge in [0.1, 0.15) is 6.17 Å². The molecule has 2 aliphatic rings. The number of hydrogen-bond donors (Lipinski definition) is 0. The zero-order chi connectivity index (χ0) is 14.6. The van der Waals surface area contributed by atoms with Crippen molar-refractivity contribution in [1.82, 2.24) is 14.8 Å². The predicted molar refractivity (Wildman–Crippen MR) is 70.4 cm³/mol. The number of Topliss-reactive ketones (excluding diaryl/α,β-unsaturated/α-hetero) is 1. The Bertz CT molecular complexity index is 700. The van der Waals surface area contributed by atoms with Gasteiger partial charge >= 0.3 is 0 Å². The molecule has 0 spiro atoms. The first-order valence-corrected chi connectivity index (χ1v) is 6.99. The van der Waals surface area contributed by atoms with Gasteiger partial charge in [-0.3, -0.25) is 4.79 Å². The fourth-order valence-corrected chi connectivity index (χ4v) is 2.84. The lowest BCUT2D eigenvalue weighted by Crippen LogP contribution is -2.11. The van der Waals surface area contributed by atoms with Gasteiger partial charge in [-0.15, -0.1) is 5.10 Å². The third kappa shape index (κ3) is 1.97. The fraction of sp³-hybridized carbons (Fsp3) is 0.400.